The number of nitrogens with zero attached hydrogens (tertiary/aromatic N) is 1. The van der Waals surface area contributed by atoms with Gasteiger partial charge >= 0.3 is 6.09 Å². The summed E-state index contributed by atoms with van der Waals surface area (Å²) in [4.78, 5) is 15.9. The van der Waals surface area contributed by atoms with Crippen molar-refractivity contribution >= 4 is 21.9 Å². The van der Waals surface area contributed by atoms with Crippen LogP contribution in [-0.2, 0) is 25.5 Å². The van der Waals surface area contributed by atoms with Gasteiger partial charge in [-0.3, -0.25) is 9.50 Å². The van der Waals surface area contributed by atoms with Crippen molar-refractivity contribution in [3.8, 4) is 5.88 Å². The fourth-order valence-electron chi connectivity index (χ4n) is 1.62. The number of rotatable bonds is 6. The minimum atomic E-state index is -3.53. The van der Waals surface area contributed by atoms with Crippen LogP contribution in [0.2, 0.25) is 0 Å². The highest BCUT2D eigenvalue weighted by atomic mass is 32.2. The number of carbonyl (C=O) groups excluding carboxylic acids is 1. The van der Waals surface area contributed by atoms with Crippen LogP contribution in [0.5, 0.6) is 5.88 Å². The van der Waals surface area contributed by atoms with Crippen LogP contribution >= 0.6 is 0 Å². The first-order valence-corrected chi connectivity index (χ1v) is 8.69. The average molecular weight is 346 g/mol. The maximum atomic E-state index is 11.8. The standard InChI is InChI=1S/C14H22N2O6S/c1-14(2,3)22-13(17)16-11-9-15-12(20-4)8-10(11)6-7-21-23(5,18)19/h8-9H,6-7H2,1-5H3,(H,16,17). The van der Waals surface area contributed by atoms with Gasteiger partial charge in [0.1, 0.15) is 5.60 Å². The Morgan fingerprint density at radius 1 is 1.35 bits per heavy atom. The van der Waals surface area contributed by atoms with Gasteiger partial charge in [0, 0.05) is 6.07 Å². The second kappa shape index (κ2) is 7.60. The lowest BCUT2D eigenvalue weighted by Crippen LogP contribution is -2.27. The predicted octanol–water partition coefficient (Wildman–Crippen LogP) is 1.96. The summed E-state index contributed by atoms with van der Waals surface area (Å²) < 4.78 is 36.9. The molecule has 130 valence electrons. The minimum Gasteiger partial charge on any atom is -0.481 e. The monoisotopic (exact) mass is 346 g/mol. The first-order chi connectivity index (χ1) is 10.5. The molecule has 1 aromatic rings. The molecule has 1 heterocycles. The van der Waals surface area contributed by atoms with E-state index in [0.717, 1.165) is 6.26 Å². The molecule has 23 heavy (non-hydrogen) atoms. The Balaban J connectivity index is 2.87. The fraction of sp³-hybridized carbons (Fsp3) is 0.571. The van der Waals surface area contributed by atoms with Crippen LogP contribution in [0.3, 0.4) is 0 Å². The molecule has 9 heteroatoms. The van der Waals surface area contributed by atoms with Crippen LogP contribution < -0.4 is 10.1 Å². The molecule has 0 fully saturated rings. The first kappa shape index (κ1) is 19.2. The van der Waals surface area contributed by atoms with Crippen molar-refractivity contribution in [2.45, 2.75) is 32.8 Å². The lowest BCUT2D eigenvalue weighted by atomic mass is 10.1. The van der Waals surface area contributed by atoms with Crippen LogP contribution in [0.25, 0.3) is 0 Å². The first-order valence-electron chi connectivity index (χ1n) is 6.87. The number of pyridine rings is 1. The molecule has 0 aliphatic carbocycles. The molecule has 1 aromatic heterocycles. The maximum Gasteiger partial charge on any atom is 0.412 e. The summed E-state index contributed by atoms with van der Waals surface area (Å²) in [6, 6.07) is 1.60. The highest BCUT2D eigenvalue weighted by Crippen LogP contribution is 2.21. The van der Waals surface area contributed by atoms with Crippen molar-refractivity contribution in [3.05, 3.63) is 17.8 Å². The van der Waals surface area contributed by atoms with E-state index in [1.54, 1.807) is 26.8 Å². The van der Waals surface area contributed by atoms with Gasteiger partial charge in [0.2, 0.25) is 5.88 Å². The Labute approximate surface area is 136 Å². The Morgan fingerprint density at radius 2 is 2.00 bits per heavy atom. The van der Waals surface area contributed by atoms with Gasteiger partial charge in [0.15, 0.2) is 0 Å². The van der Waals surface area contributed by atoms with E-state index in [1.165, 1.54) is 13.3 Å². The second-order valence-corrected chi connectivity index (χ2v) is 7.43. The van der Waals surface area contributed by atoms with Crippen molar-refractivity contribution in [1.29, 1.82) is 0 Å². The number of amides is 1. The zero-order valence-electron chi connectivity index (χ0n) is 13.9. The Hall–Kier alpha value is -1.87. The van der Waals surface area contributed by atoms with E-state index >= 15 is 0 Å². The fourth-order valence-corrected chi connectivity index (χ4v) is 2.01. The predicted molar refractivity (Wildman–Crippen MR) is 85.1 cm³/mol. The lowest BCUT2D eigenvalue weighted by Gasteiger charge is -2.20. The third-order valence-electron chi connectivity index (χ3n) is 2.48. The van der Waals surface area contributed by atoms with E-state index in [9.17, 15) is 13.2 Å². The smallest absolute Gasteiger partial charge is 0.412 e. The normalized spacial score (nSPS) is 11.9. The van der Waals surface area contributed by atoms with Gasteiger partial charge < -0.3 is 9.47 Å². The molecule has 0 aliphatic rings. The highest BCUT2D eigenvalue weighted by Gasteiger charge is 2.18. The van der Waals surface area contributed by atoms with Crippen LogP contribution in [-0.4, -0.2) is 45.1 Å². The van der Waals surface area contributed by atoms with E-state index in [1.807, 2.05) is 0 Å². The topological polar surface area (TPSA) is 104 Å². The molecule has 0 atom stereocenters. The maximum absolute atomic E-state index is 11.8. The van der Waals surface area contributed by atoms with Crippen molar-refractivity contribution in [3.63, 3.8) is 0 Å². The van der Waals surface area contributed by atoms with Gasteiger partial charge in [-0.05, 0) is 32.8 Å². The molecule has 1 N–H and O–H groups in total. The molecule has 0 aliphatic heterocycles. The van der Waals surface area contributed by atoms with Gasteiger partial charge in [0.25, 0.3) is 10.1 Å². The minimum absolute atomic E-state index is 0.0605. The summed E-state index contributed by atoms with van der Waals surface area (Å²) in [6.07, 6.45) is 2.00. The zero-order chi connectivity index (χ0) is 17.7. The van der Waals surface area contributed by atoms with E-state index in [4.69, 9.17) is 13.7 Å². The number of anilines is 1. The Kier molecular flexibility index (Phi) is 6.34. The molecule has 0 radical (unpaired) electrons. The molecular formula is C14H22N2O6S. The quantitative estimate of drug-likeness (QED) is 0.785. The molecule has 1 amide bonds. The van der Waals surface area contributed by atoms with E-state index in [0.29, 0.717) is 17.1 Å². The molecule has 0 saturated heterocycles. The second-order valence-electron chi connectivity index (χ2n) is 5.79. The molecule has 0 bridgehead atoms. The van der Waals surface area contributed by atoms with Crippen molar-refractivity contribution in [2.24, 2.45) is 0 Å². The van der Waals surface area contributed by atoms with E-state index < -0.39 is 21.8 Å². The van der Waals surface area contributed by atoms with Crippen molar-refractivity contribution < 1.29 is 26.9 Å². The van der Waals surface area contributed by atoms with Crippen LogP contribution in [0.15, 0.2) is 12.3 Å². The van der Waals surface area contributed by atoms with E-state index in [-0.39, 0.29) is 13.0 Å². The summed E-state index contributed by atoms with van der Waals surface area (Å²) in [5, 5.41) is 2.58. The number of hydrogen-bond acceptors (Lipinski definition) is 7. The van der Waals surface area contributed by atoms with Crippen LogP contribution in [0.1, 0.15) is 26.3 Å². The number of carbonyl (C=O) groups is 1. The number of nitrogens with one attached hydrogen (secondary N) is 1. The number of aromatic nitrogens is 1. The largest absolute Gasteiger partial charge is 0.481 e. The molecular weight excluding hydrogens is 324 g/mol. The van der Waals surface area contributed by atoms with Crippen LogP contribution in [0, 0.1) is 0 Å². The van der Waals surface area contributed by atoms with Crippen LogP contribution in [0.4, 0.5) is 10.5 Å². The summed E-state index contributed by atoms with van der Waals surface area (Å²) in [5.41, 5.74) is 0.382. The molecule has 0 unspecified atom stereocenters. The summed E-state index contributed by atoms with van der Waals surface area (Å²) in [6.45, 7) is 5.19. The molecule has 0 saturated carbocycles. The summed E-state index contributed by atoms with van der Waals surface area (Å²) >= 11 is 0. The van der Waals surface area contributed by atoms with Gasteiger partial charge in [-0.15, -0.1) is 0 Å². The highest BCUT2D eigenvalue weighted by molar-refractivity contribution is 7.85. The third-order valence-corrected chi connectivity index (χ3v) is 3.07. The van der Waals surface area contributed by atoms with E-state index in [2.05, 4.69) is 10.3 Å². The van der Waals surface area contributed by atoms with Gasteiger partial charge in [-0.25, -0.2) is 9.78 Å². The average Bonchev–Trinajstić information content (AvgIpc) is 2.36. The number of ether oxygens (including phenoxy) is 2. The van der Waals surface area contributed by atoms with Crippen molar-refractivity contribution in [1.82, 2.24) is 4.98 Å². The molecule has 0 aromatic carbocycles. The molecule has 1 rings (SSSR count). The Morgan fingerprint density at radius 3 is 2.52 bits per heavy atom. The third kappa shape index (κ3) is 7.80. The lowest BCUT2D eigenvalue weighted by molar-refractivity contribution is 0.0635. The number of methoxy groups -OCH3 is 1. The number of hydrogen-bond donors (Lipinski definition) is 1. The van der Waals surface area contributed by atoms with Gasteiger partial charge in [-0.1, -0.05) is 0 Å². The molecule has 8 nitrogen and oxygen atoms in total. The Bertz CT molecular complexity index is 652. The SMILES string of the molecule is COc1cc(CCOS(C)(=O)=O)c(NC(=O)OC(C)(C)C)cn1. The zero-order valence-corrected chi connectivity index (χ0v) is 14.7. The molecule has 0 spiro atoms. The van der Waals surface area contributed by atoms with Gasteiger partial charge in [-0.2, -0.15) is 8.42 Å². The summed E-state index contributed by atoms with van der Waals surface area (Å²) in [7, 11) is -2.07. The summed E-state index contributed by atoms with van der Waals surface area (Å²) in [5.74, 6) is 0.342. The van der Waals surface area contributed by atoms with Crippen molar-refractivity contribution in [2.75, 3.05) is 25.3 Å². The van der Waals surface area contributed by atoms with Gasteiger partial charge in [0.05, 0.1) is 31.9 Å².